The van der Waals surface area contributed by atoms with Gasteiger partial charge in [-0.1, -0.05) is 0 Å². The molecule has 1 aliphatic rings. The van der Waals surface area contributed by atoms with Gasteiger partial charge in [-0.05, 0) is 62.2 Å². The number of rotatable bonds is 7. The first-order chi connectivity index (χ1) is 14.4. The molecule has 2 aromatic carbocycles. The van der Waals surface area contributed by atoms with Crippen LogP contribution in [0, 0.1) is 17.1 Å². The highest BCUT2D eigenvalue weighted by Crippen LogP contribution is 2.29. The molecule has 0 aliphatic carbocycles. The van der Waals surface area contributed by atoms with Gasteiger partial charge in [0, 0.05) is 49.4 Å². The van der Waals surface area contributed by atoms with Gasteiger partial charge in [0.05, 0.1) is 11.6 Å². The van der Waals surface area contributed by atoms with Crippen LogP contribution in [0.5, 0.6) is 5.75 Å². The highest BCUT2D eigenvalue weighted by Gasteiger charge is 2.28. The van der Waals surface area contributed by atoms with Crippen LogP contribution in [0.4, 0.5) is 10.1 Å². The fraction of sp³-hybridized carbons (Fsp3) is 0.391. The molecule has 2 aromatic rings. The number of piperidine rings is 1. The molecule has 1 heterocycles. The van der Waals surface area contributed by atoms with Crippen molar-refractivity contribution in [2.24, 2.45) is 5.73 Å². The zero-order valence-electron chi connectivity index (χ0n) is 17.1. The molecule has 0 aromatic heterocycles. The van der Waals surface area contributed by atoms with Crippen molar-refractivity contribution in [3.8, 4) is 11.8 Å². The largest absolute Gasteiger partial charge is 0.508 e. The lowest BCUT2D eigenvalue weighted by Gasteiger charge is -2.41. The Balaban J connectivity index is 1.80. The first kappa shape index (κ1) is 21.6. The number of carbonyl (C=O) groups excluding carboxylic acids is 1. The molecule has 0 spiro atoms. The zero-order valence-corrected chi connectivity index (χ0v) is 17.1. The summed E-state index contributed by atoms with van der Waals surface area (Å²) in [5.41, 5.74) is 7.11. The smallest absolute Gasteiger partial charge is 0.218 e. The highest BCUT2D eigenvalue weighted by molar-refractivity contribution is 5.74. The Morgan fingerprint density at radius 1 is 1.30 bits per heavy atom. The zero-order chi connectivity index (χ0) is 21.7. The molecule has 1 saturated heterocycles. The van der Waals surface area contributed by atoms with Crippen molar-refractivity contribution < 1.29 is 14.3 Å². The second-order valence-corrected chi connectivity index (χ2v) is 7.85. The Bertz CT molecular complexity index is 918. The number of primary amides is 1. The van der Waals surface area contributed by atoms with Crippen LogP contribution >= 0.6 is 0 Å². The highest BCUT2D eigenvalue weighted by atomic mass is 19.1. The maximum absolute atomic E-state index is 14.5. The molecule has 1 aliphatic heterocycles. The number of likely N-dealkylation sites (tertiary alicyclic amines) is 1. The van der Waals surface area contributed by atoms with E-state index in [1.54, 1.807) is 18.2 Å². The van der Waals surface area contributed by atoms with Crippen molar-refractivity contribution in [2.45, 2.75) is 44.8 Å². The molecular weight excluding hydrogens is 383 g/mol. The van der Waals surface area contributed by atoms with Crippen molar-refractivity contribution in [3.63, 3.8) is 0 Å². The summed E-state index contributed by atoms with van der Waals surface area (Å²) in [4.78, 5) is 15.6. The van der Waals surface area contributed by atoms with E-state index in [-0.39, 0.29) is 29.6 Å². The average Bonchev–Trinajstić information content (AvgIpc) is 2.73. The number of hydrogen-bond acceptors (Lipinski definition) is 5. The minimum Gasteiger partial charge on any atom is -0.508 e. The van der Waals surface area contributed by atoms with Crippen LogP contribution in [-0.4, -0.2) is 41.1 Å². The van der Waals surface area contributed by atoms with Crippen molar-refractivity contribution in [3.05, 3.63) is 59.4 Å². The van der Waals surface area contributed by atoms with E-state index in [2.05, 4.69) is 15.9 Å². The number of benzene rings is 2. The fourth-order valence-electron chi connectivity index (χ4n) is 4.08. The number of amides is 1. The third-order valence-electron chi connectivity index (χ3n) is 5.76. The number of hydrogen-bond donors (Lipinski definition) is 2. The minimum atomic E-state index is -0.342. The van der Waals surface area contributed by atoms with Crippen LogP contribution in [0.2, 0.25) is 0 Å². The van der Waals surface area contributed by atoms with E-state index in [0.717, 1.165) is 31.6 Å². The second kappa shape index (κ2) is 9.59. The molecule has 6 nitrogen and oxygen atoms in total. The molecule has 0 radical (unpaired) electrons. The van der Waals surface area contributed by atoms with Gasteiger partial charge in [-0.2, -0.15) is 5.26 Å². The molecule has 1 atom stereocenters. The summed E-state index contributed by atoms with van der Waals surface area (Å²) in [5.74, 6) is -0.472. The van der Waals surface area contributed by atoms with Gasteiger partial charge < -0.3 is 15.7 Å². The molecule has 3 N–H and O–H groups in total. The number of phenols is 1. The van der Waals surface area contributed by atoms with Crippen LogP contribution in [0.15, 0.2) is 42.5 Å². The summed E-state index contributed by atoms with van der Waals surface area (Å²) in [6.07, 6.45) is 2.03. The van der Waals surface area contributed by atoms with Crippen molar-refractivity contribution in [1.82, 2.24) is 4.90 Å². The van der Waals surface area contributed by atoms with E-state index in [1.807, 2.05) is 19.1 Å². The Kier molecular flexibility index (Phi) is 6.91. The molecule has 0 unspecified atom stereocenters. The normalized spacial score (nSPS) is 16.0. The molecule has 1 fully saturated rings. The quantitative estimate of drug-likeness (QED) is 0.731. The lowest BCUT2D eigenvalue weighted by atomic mass is 9.99. The van der Waals surface area contributed by atoms with Gasteiger partial charge in [0.15, 0.2) is 0 Å². The van der Waals surface area contributed by atoms with Gasteiger partial charge in [0.1, 0.15) is 11.6 Å². The number of carbonyl (C=O) groups is 1. The van der Waals surface area contributed by atoms with Crippen LogP contribution < -0.4 is 10.6 Å². The Hall–Kier alpha value is -3.11. The van der Waals surface area contributed by atoms with Crippen LogP contribution in [0.25, 0.3) is 0 Å². The standard InChI is InChI=1S/C23H27FN4O2/c1-16(12-23(26)30)27-10-8-20(9-11-27)28(19-3-5-21(29)6-4-19)15-18-13-17(14-25)2-7-22(18)24/h2-7,13,16,20,29H,8-12,15H2,1H3,(H2,26,30)/t16-/m1/s1. The second-order valence-electron chi connectivity index (χ2n) is 7.85. The lowest BCUT2D eigenvalue weighted by Crippen LogP contribution is -2.48. The third kappa shape index (κ3) is 5.28. The number of aromatic hydroxyl groups is 1. The van der Waals surface area contributed by atoms with Crippen LogP contribution in [-0.2, 0) is 11.3 Å². The van der Waals surface area contributed by atoms with Gasteiger partial charge in [0.2, 0.25) is 5.91 Å². The minimum absolute atomic E-state index is 0.0929. The SMILES string of the molecule is C[C@H](CC(N)=O)N1CCC(N(Cc2cc(C#N)ccc2F)c2ccc(O)cc2)CC1. The third-order valence-corrected chi connectivity index (χ3v) is 5.76. The lowest BCUT2D eigenvalue weighted by molar-refractivity contribution is -0.119. The Morgan fingerprint density at radius 3 is 2.57 bits per heavy atom. The van der Waals surface area contributed by atoms with E-state index in [9.17, 15) is 19.6 Å². The first-order valence-corrected chi connectivity index (χ1v) is 10.1. The molecule has 0 saturated carbocycles. The summed E-state index contributed by atoms with van der Waals surface area (Å²) >= 11 is 0. The maximum atomic E-state index is 14.5. The van der Waals surface area contributed by atoms with E-state index >= 15 is 0 Å². The van der Waals surface area contributed by atoms with Crippen molar-refractivity contribution >= 4 is 11.6 Å². The first-order valence-electron chi connectivity index (χ1n) is 10.1. The van der Waals surface area contributed by atoms with Crippen LogP contribution in [0.1, 0.15) is 37.3 Å². The molecule has 0 bridgehead atoms. The number of phenolic OH excluding ortho intramolecular Hbond substituents is 1. The number of nitrogens with zero attached hydrogens (tertiary/aromatic N) is 3. The van der Waals surface area contributed by atoms with Gasteiger partial charge in [-0.3, -0.25) is 9.69 Å². The van der Waals surface area contributed by atoms with Gasteiger partial charge in [-0.25, -0.2) is 4.39 Å². The number of nitrogens with two attached hydrogens (primary N) is 1. The molecule has 158 valence electrons. The number of anilines is 1. The number of nitriles is 1. The van der Waals surface area contributed by atoms with Gasteiger partial charge in [-0.15, -0.1) is 0 Å². The Morgan fingerprint density at radius 2 is 1.97 bits per heavy atom. The van der Waals surface area contributed by atoms with Crippen LogP contribution in [0.3, 0.4) is 0 Å². The van der Waals surface area contributed by atoms with Gasteiger partial charge in [0.25, 0.3) is 0 Å². The van der Waals surface area contributed by atoms with E-state index in [0.29, 0.717) is 24.1 Å². The molecule has 3 rings (SSSR count). The fourth-order valence-corrected chi connectivity index (χ4v) is 4.08. The van der Waals surface area contributed by atoms with Gasteiger partial charge >= 0.3 is 0 Å². The predicted molar refractivity (Wildman–Crippen MR) is 113 cm³/mol. The monoisotopic (exact) mass is 410 g/mol. The molecule has 1 amide bonds. The summed E-state index contributed by atoms with van der Waals surface area (Å²) < 4.78 is 14.5. The average molecular weight is 410 g/mol. The van der Waals surface area contributed by atoms with Crippen molar-refractivity contribution in [1.29, 1.82) is 5.26 Å². The summed E-state index contributed by atoms with van der Waals surface area (Å²) in [6, 6.07) is 13.6. The topological polar surface area (TPSA) is 93.6 Å². The molecule has 7 heteroatoms. The maximum Gasteiger partial charge on any atom is 0.218 e. The predicted octanol–water partition coefficient (Wildman–Crippen LogP) is 3.14. The van der Waals surface area contributed by atoms with E-state index in [1.165, 1.54) is 12.1 Å². The summed E-state index contributed by atoms with van der Waals surface area (Å²) in [6.45, 7) is 3.96. The molecule has 30 heavy (non-hydrogen) atoms. The van der Waals surface area contributed by atoms with E-state index in [4.69, 9.17) is 5.73 Å². The van der Waals surface area contributed by atoms with Crippen molar-refractivity contribution in [2.75, 3.05) is 18.0 Å². The Labute approximate surface area is 176 Å². The molecular formula is C23H27FN4O2. The summed E-state index contributed by atoms with van der Waals surface area (Å²) in [5, 5.41) is 18.8. The van der Waals surface area contributed by atoms with E-state index < -0.39 is 0 Å². The summed E-state index contributed by atoms with van der Waals surface area (Å²) in [7, 11) is 0. The number of halogens is 1.